The second-order valence-electron chi connectivity index (χ2n) is 18.6. The molecular formula is C54H95NO13. The zero-order valence-corrected chi connectivity index (χ0v) is 41.8. The van der Waals surface area contributed by atoms with Gasteiger partial charge in [-0.2, -0.15) is 0 Å². The van der Waals surface area contributed by atoms with E-state index in [9.17, 15) is 45.6 Å². The van der Waals surface area contributed by atoms with Crippen LogP contribution in [0, 0.1) is 0 Å². The summed E-state index contributed by atoms with van der Waals surface area (Å²) in [5.41, 5.74) is 0. The Morgan fingerprint density at radius 1 is 0.544 bits per heavy atom. The summed E-state index contributed by atoms with van der Waals surface area (Å²) in [6, 6.07) is -0.913. The highest BCUT2D eigenvalue weighted by Crippen LogP contribution is 2.30. The Hall–Kier alpha value is -2.31. The summed E-state index contributed by atoms with van der Waals surface area (Å²) >= 11 is 0. The second kappa shape index (κ2) is 40.3. The van der Waals surface area contributed by atoms with Crippen molar-refractivity contribution >= 4 is 5.91 Å². The number of unbranched alkanes of at least 4 members (excludes halogenated alkanes) is 19. The molecule has 12 atom stereocenters. The summed E-state index contributed by atoms with van der Waals surface area (Å²) in [4.78, 5) is 13.1. The maximum Gasteiger partial charge on any atom is 0.220 e. The lowest BCUT2D eigenvalue weighted by Crippen LogP contribution is -2.65. The number of hydrogen-bond acceptors (Lipinski definition) is 13. The van der Waals surface area contributed by atoms with E-state index in [2.05, 4.69) is 67.8 Å². The molecule has 68 heavy (non-hydrogen) atoms. The first-order chi connectivity index (χ1) is 33.1. The summed E-state index contributed by atoms with van der Waals surface area (Å²) in [5.74, 6) is -0.247. The number of rotatable bonds is 40. The predicted molar refractivity (Wildman–Crippen MR) is 267 cm³/mol. The van der Waals surface area contributed by atoms with Crippen molar-refractivity contribution in [3.05, 3.63) is 60.8 Å². The molecule has 0 saturated carbocycles. The third-order valence-corrected chi connectivity index (χ3v) is 12.7. The van der Waals surface area contributed by atoms with Crippen LogP contribution in [0.25, 0.3) is 0 Å². The Bertz CT molecular complexity index is 1370. The molecule has 0 aromatic rings. The van der Waals surface area contributed by atoms with Gasteiger partial charge in [0.15, 0.2) is 12.6 Å². The zero-order chi connectivity index (χ0) is 49.6. The minimum atomic E-state index is -1.79. The normalized spacial score (nSPS) is 26.9. The van der Waals surface area contributed by atoms with Gasteiger partial charge >= 0.3 is 0 Å². The average Bonchev–Trinajstić information content (AvgIpc) is 3.34. The van der Waals surface area contributed by atoms with Crippen LogP contribution in [0.1, 0.15) is 181 Å². The minimum Gasteiger partial charge on any atom is -0.394 e. The van der Waals surface area contributed by atoms with E-state index in [1.807, 2.05) is 6.08 Å². The van der Waals surface area contributed by atoms with Gasteiger partial charge in [-0.25, -0.2) is 0 Å². The highest BCUT2D eigenvalue weighted by Gasteiger charge is 2.51. The third-order valence-electron chi connectivity index (χ3n) is 12.7. The van der Waals surface area contributed by atoms with Crippen LogP contribution in [0.15, 0.2) is 60.8 Å². The lowest BCUT2D eigenvalue weighted by molar-refractivity contribution is -0.359. The smallest absolute Gasteiger partial charge is 0.220 e. The molecule has 12 unspecified atom stereocenters. The van der Waals surface area contributed by atoms with Crippen LogP contribution in [0.3, 0.4) is 0 Å². The Labute approximate surface area is 409 Å². The molecule has 2 aliphatic heterocycles. The molecule has 0 aromatic heterocycles. The number of hydrogen-bond donors (Lipinski definition) is 9. The van der Waals surface area contributed by atoms with E-state index in [1.165, 1.54) is 77.0 Å². The number of ether oxygens (including phenoxy) is 4. The van der Waals surface area contributed by atoms with Crippen LogP contribution in [0.5, 0.6) is 0 Å². The van der Waals surface area contributed by atoms with Crippen molar-refractivity contribution in [3.63, 3.8) is 0 Å². The second-order valence-corrected chi connectivity index (χ2v) is 18.6. The molecule has 1 amide bonds. The SMILES string of the molecule is CC/C=C\C/C=C\C/C=C\C/C=C\CCCCCCCCCCCCCCCCC(=O)NC(COC1OC(CO)C(OC2OC(CO)C(O)C(O)C2O)C(O)C1O)C(O)/C=C/CCCCCCC. The highest BCUT2D eigenvalue weighted by atomic mass is 16.7. The van der Waals surface area contributed by atoms with Crippen molar-refractivity contribution in [1.29, 1.82) is 0 Å². The summed E-state index contributed by atoms with van der Waals surface area (Å²) in [7, 11) is 0. The summed E-state index contributed by atoms with van der Waals surface area (Å²) in [6.45, 7) is 2.59. The number of carbonyl (C=O) groups is 1. The van der Waals surface area contributed by atoms with Crippen molar-refractivity contribution in [2.45, 2.75) is 254 Å². The fourth-order valence-corrected chi connectivity index (χ4v) is 8.40. The Morgan fingerprint density at radius 3 is 1.56 bits per heavy atom. The van der Waals surface area contributed by atoms with Crippen LogP contribution in [0.2, 0.25) is 0 Å². The van der Waals surface area contributed by atoms with E-state index < -0.39 is 86.8 Å². The number of nitrogens with one attached hydrogen (secondary N) is 1. The van der Waals surface area contributed by atoms with E-state index in [-0.39, 0.29) is 18.9 Å². The lowest BCUT2D eigenvalue weighted by Gasteiger charge is -2.46. The van der Waals surface area contributed by atoms with Gasteiger partial charge in [0.2, 0.25) is 5.91 Å². The first-order valence-corrected chi connectivity index (χ1v) is 26.5. The summed E-state index contributed by atoms with van der Waals surface area (Å²) < 4.78 is 22.6. The zero-order valence-electron chi connectivity index (χ0n) is 41.8. The van der Waals surface area contributed by atoms with Crippen molar-refractivity contribution in [2.75, 3.05) is 19.8 Å². The van der Waals surface area contributed by atoms with E-state index in [0.717, 1.165) is 77.0 Å². The average molecular weight is 966 g/mol. The van der Waals surface area contributed by atoms with E-state index in [4.69, 9.17) is 18.9 Å². The number of aliphatic hydroxyl groups is 8. The number of allylic oxidation sites excluding steroid dienone is 9. The Balaban J connectivity index is 1.67. The summed E-state index contributed by atoms with van der Waals surface area (Å²) in [6.07, 6.45) is 33.0. The van der Waals surface area contributed by atoms with Crippen LogP contribution >= 0.6 is 0 Å². The molecule has 2 aliphatic rings. The molecule has 14 heteroatoms. The monoisotopic (exact) mass is 966 g/mol. The molecule has 394 valence electrons. The molecule has 14 nitrogen and oxygen atoms in total. The fourth-order valence-electron chi connectivity index (χ4n) is 8.40. The van der Waals surface area contributed by atoms with Gasteiger partial charge in [0, 0.05) is 6.42 Å². The topological polar surface area (TPSA) is 228 Å². The first-order valence-electron chi connectivity index (χ1n) is 26.5. The van der Waals surface area contributed by atoms with Crippen LogP contribution in [-0.4, -0.2) is 140 Å². The van der Waals surface area contributed by atoms with Gasteiger partial charge in [0.25, 0.3) is 0 Å². The van der Waals surface area contributed by atoms with Gasteiger partial charge in [-0.1, -0.05) is 177 Å². The predicted octanol–water partition coefficient (Wildman–Crippen LogP) is 7.44. The maximum atomic E-state index is 13.1. The van der Waals surface area contributed by atoms with Crippen molar-refractivity contribution in [1.82, 2.24) is 5.32 Å². The standard InChI is InChI=1S/C54H95NO13/c1-3-5-7-9-11-12-13-14-15-16-17-18-19-20-21-22-23-24-25-26-27-28-29-30-32-34-36-38-46(59)55-42(43(58)37-35-33-31-10-8-6-4-2)41-65-53-51(64)49(62)52(45(40-57)67-53)68-54-50(63)48(61)47(60)44(39-56)66-54/h5,7,11-12,14-15,17-18,35,37,42-45,47-54,56-58,60-64H,3-4,6,8-10,13,16,19-34,36,38-41H2,1-2H3,(H,55,59)/b7-5-,12-11-,15-14-,18-17-,37-35+. The molecule has 0 aliphatic carbocycles. The molecule has 0 spiro atoms. The molecular weight excluding hydrogens is 871 g/mol. The number of aliphatic hydroxyl groups excluding tert-OH is 8. The van der Waals surface area contributed by atoms with Crippen molar-refractivity contribution < 1.29 is 64.6 Å². The van der Waals surface area contributed by atoms with Gasteiger partial charge in [0.05, 0.1) is 32.0 Å². The molecule has 2 saturated heterocycles. The molecule has 9 N–H and O–H groups in total. The molecule has 2 rings (SSSR count). The van der Waals surface area contributed by atoms with Gasteiger partial charge in [-0.3, -0.25) is 4.79 Å². The van der Waals surface area contributed by atoms with Crippen LogP contribution in [0.4, 0.5) is 0 Å². The van der Waals surface area contributed by atoms with E-state index in [0.29, 0.717) is 6.42 Å². The van der Waals surface area contributed by atoms with E-state index >= 15 is 0 Å². The first kappa shape index (κ1) is 61.8. The third kappa shape index (κ3) is 26.8. The van der Waals surface area contributed by atoms with E-state index in [1.54, 1.807) is 6.08 Å². The van der Waals surface area contributed by atoms with Gasteiger partial charge in [-0.05, 0) is 57.8 Å². The molecule has 2 fully saturated rings. The van der Waals surface area contributed by atoms with Crippen LogP contribution < -0.4 is 5.32 Å². The van der Waals surface area contributed by atoms with Gasteiger partial charge < -0.3 is 65.1 Å². The fraction of sp³-hybridized carbons (Fsp3) is 0.796. The van der Waals surface area contributed by atoms with Gasteiger partial charge in [0.1, 0.15) is 48.8 Å². The molecule has 0 bridgehead atoms. The highest BCUT2D eigenvalue weighted by molar-refractivity contribution is 5.76. The van der Waals surface area contributed by atoms with Crippen LogP contribution in [-0.2, 0) is 23.7 Å². The Morgan fingerprint density at radius 2 is 1.01 bits per heavy atom. The number of amides is 1. The Kier molecular flexibility index (Phi) is 36.6. The largest absolute Gasteiger partial charge is 0.394 e. The quantitative estimate of drug-likeness (QED) is 0.0215. The number of carbonyl (C=O) groups excluding carboxylic acids is 1. The molecule has 0 aromatic carbocycles. The van der Waals surface area contributed by atoms with Gasteiger partial charge in [-0.15, -0.1) is 0 Å². The molecule has 0 radical (unpaired) electrons. The van der Waals surface area contributed by atoms with Crippen molar-refractivity contribution in [2.24, 2.45) is 0 Å². The summed E-state index contributed by atoms with van der Waals surface area (Å²) in [5, 5.41) is 86.4. The lowest BCUT2D eigenvalue weighted by atomic mass is 9.97. The maximum absolute atomic E-state index is 13.1. The molecule has 2 heterocycles. The van der Waals surface area contributed by atoms with Crippen molar-refractivity contribution in [3.8, 4) is 0 Å². The minimum absolute atomic E-state index is 0.247.